The Morgan fingerprint density at radius 2 is 1.10 bits per heavy atom. The maximum atomic E-state index is 15.8. The number of aryl methyl sites for hydroxylation is 2. The van der Waals surface area contributed by atoms with Crippen LogP contribution in [0.2, 0.25) is 0 Å². The molecular formula is C79H113N21O18S2. The molecule has 0 bridgehead atoms. The summed E-state index contributed by atoms with van der Waals surface area (Å²) in [4.78, 5) is 213. The predicted octanol–water partition coefficient (Wildman–Crippen LogP) is -1.65. The molecule has 15 atom stereocenters. The third-order valence-corrected chi connectivity index (χ3v) is 21.9. The summed E-state index contributed by atoms with van der Waals surface area (Å²) >= 11 is 2.70. The van der Waals surface area contributed by atoms with Crippen LogP contribution in [-0.4, -0.2) is 251 Å². The zero-order valence-electron chi connectivity index (χ0n) is 68.1. The Kier molecular flexibility index (Phi) is 39.1. The first-order valence-electron chi connectivity index (χ1n) is 39.5. The molecule has 41 heteroatoms. The number of carbonyl (C=O) groups excluding carboxylic acids is 13. The monoisotopic (exact) mass is 1710 g/mol. The summed E-state index contributed by atoms with van der Waals surface area (Å²) in [6.45, 7) is 6.58. The molecule has 1 saturated heterocycles. The van der Waals surface area contributed by atoms with Crippen LogP contribution in [0.4, 0.5) is 0 Å². The first-order valence-corrected chi connectivity index (χ1v) is 42.3. The number of carboxylic acids is 2. The SMILES string of the molecule is CC[C@H](C)[C@H](NC(=O)[C@@H](N)CCCNC(=N)N)C(=O)N[C@@H](CC(N)=O)C(=O)N[C@@H](CC(N)=O)C(=O)N[C@H](C(=O)N1C[C@@H](n2cc(-c3ccc(CCc4ccccc4)cc3)nn2)C[C@H]1C(=O)N[C@@H](Cc1c[nH]c2ccccc12)C(=O)N[C@@H](CO)C(=O)N[C@@H](CCC(=O)O)C(=O)N[C@@H](C)C(=O)N[C@@H](CCSC)C(=O)N[C@@H](CCSC)C(=O)O)[C@@H](C)CC. The van der Waals surface area contributed by atoms with Crippen LogP contribution < -0.4 is 81.4 Å². The molecule has 24 N–H and O–H groups in total. The molecule has 0 spiro atoms. The lowest BCUT2D eigenvalue weighted by atomic mass is 9.96. The molecule has 3 heterocycles. The lowest BCUT2D eigenvalue weighted by Gasteiger charge is -2.33. The van der Waals surface area contributed by atoms with Crippen molar-refractivity contribution in [2.75, 3.05) is 43.7 Å². The number of fused-ring (bicyclic) bond motifs is 1. The topological polar surface area (TPSA) is 627 Å². The number of rotatable bonds is 51. The van der Waals surface area contributed by atoms with Gasteiger partial charge in [0, 0.05) is 55.0 Å². The van der Waals surface area contributed by atoms with Crippen molar-refractivity contribution in [2.45, 2.75) is 203 Å². The van der Waals surface area contributed by atoms with Crippen molar-refractivity contribution in [1.82, 2.24) is 83.4 Å². The summed E-state index contributed by atoms with van der Waals surface area (Å²) in [6.07, 6.45) is 5.48. The minimum atomic E-state index is -1.95. The van der Waals surface area contributed by atoms with E-state index in [0.29, 0.717) is 52.1 Å². The number of H-pyrrole nitrogens is 1. The van der Waals surface area contributed by atoms with Gasteiger partial charge in [0.25, 0.3) is 0 Å². The summed E-state index contributed by atoms with van der Waals surface area (Å²) in [5.41, 5.74) is 27.1. The number of benzene rings is 3. The first kappa shape index (κ1) is 97.1. The minimum absolute atomic E-state index is 0.0461. The van der Waals surface area contributed by atoms with Gasteiger partial charge in [0.05, 0.1) is 37.7 Å². The van der Waals surface area contributed by atoms with Gasteiger partial charge in [0.2, 0.25) is 76.8 Å². The zero-order chi connectivity index (χ0) is 88.4. The molecule has 2 aromatic heterocycles. The van der Waals surface area contributed by atoms with Crippen LogP contribution in [0.3, 0.4) is 0 Å². The lowest BCUT2D eigenvalue weighted by molar-refractivity contribution is -0.144. The van der Waals surface area contributed by atoms with Gasteiger partial charge in [-0.2, -0.15) is 23.5 Å². The fourth-order valence-electron chi connectivity index (χ4n) is 13.2. The van der Waals surface area contributed by atoms with Crippen molar-refractivity contribution in [3.05, 3.63) is 108 Å². The van der Waals surface area contributed by atoms with E-state index in [2.05, 4.69) is 73.8 Å². The highest BCUT2D eigenvalue weighted by molar-refractivity contribution is 7.98. The van der Waals surface area contributed by atoms with E-state index < -0.39 is 211 Å². The number of para-hydroxylation sites is 1. The van der Waals surface area contributed by atoms with E-state index in [-0.39, 0.29) is 57.6 Å². The molecule has 0 radical (unpaired) electrons. The number of nitrogens with one attached hydrogen (secondary N) is 13. The number of aromatic amines is 1. The number of carboxylic acid groups (broad SMARTS) is 2. The van der Waals surface area contributed by atoms with Crippen LogP contribution in [-0.2, 0) is 91.2 Å². The third kappa shape index (κ3) is 30.0. The largest absolute Gasteiger partial charge is 0.481 e. The molecule has 0 saturated carbocycles. The van der Waals surface area contributed by atoms with Gasteiger partial charge in [0.15, 0.2) is 5.96 Å². The van der Waals surface area contributed by atoms with Crippen LogP contribution in [0, 0.1) is 17.2 Å². The Morgan fingerprint density at radius 1 is 0.583 bits per heavy atom. The second kappa shape index (κ2) is 48.4. The van der Waals surface area contributed by atoms with E-state index in [0.717, 1.165) is 28.9 Å². The first-order chi connectivity index (χ1) is 57.1. The summed E-state index contributed by atoms with van der Waals surface area (Å²) in [5.74, 6) is -17.1. The number of aromatic nitrogens is 4. The summed E-state index contributed by atoms with van der Waals surface area (Å²) in [7, 11) is 0. The molecule has 1 aliphatic heterocycles. The number of aliphatic hydroxyl groups excluding tert-OH is 1. The normalized spacial score (nSPS) is 16.4. The number of guanidine groups is 1. The lowest BCUT2D eigenvalue weighted by Crippen LogP contribution is -2.62. The maximum Gasteiger partial charge on any atom is 0.326 e. The van der Waals surface area contributed by atoms with Crippen molar-refractivity contribution < 1.29 is 87.2 Å². The Balaban J connectivity index is 1.32. The molecule has 654 valence electrons. The van der Waals surface area contributed by atoms with Gasteiger partial charge in [0.1, 0.15) is 72.2 Å². The van der Waals surface area contributed by atoms with Crippen LogP contribution in [0.5, 0.6) is 0 Å². The molecule has 1 fully saturated rings. The second-order valence-corrected chi connectivity index (χ2v) is 31.5. The minimum Gasteiger partial charge on any atom is -0.481 e. The summed E-state index contributed by atoms with van der Waals surface area (Å²) < 4.78 is 1.45. The predicted molar refractivity (Wildman–Crippen MR) is 447 cm³/mol. The average Bonchev–Trinajstić information content (AvgIpc) is 1.62. The Hall–Kier alpha value is -11.7. The maximum absolute atomic E-state index is 15.8. The van der Waals surface area contributed by atoms with Crippen LogP contribution in [0.1, 0.15) is 128 Å². The van der Waals surface area contributed by atoms with E-state index in [9.17, 15) is 72.9 Å². The fraction of sp³-hybridized carbons (Fsp3) is 0.519. The number of thioether (sulfide) groups is 2. The number of aliphatic carboxylic acids is 2. The van der Waals surface area contributed by atoms with Gasteiger partial charge in [-0.3, -0.25) is 72.5 Å². The van der Waals surface area contributed by atoms with Gasteiger partial charge in [-0.1, -0.05) is 119 Å². The zero-order valence-corrected chi connectivity index (χ0v) is 69.8. The number of hydrogen-bond donors (Lipinski definition) is 20. The number of amides is 13. The van der Waals surface area contributed by atoms with Crippen LogP contribution in [0.15, 0.2) is 91.3 Å². The molecule has 6 rings (SSSR count). The van der Waals surface area contributed by atoms with E-state index in [1.54, 1.807) is 76.9 Å². The number of primary amides is 2. The number of nitrogens with zero attached hydrogens (tertiary/aromatic N) is 4. The van der Waals surface area contributed by atoms with E-state index in [4.69, 9.17) is 28.3 Å². The molecule has 120 heavy (non-hydrogen) atoms. The van der Waals surface area contributed by atoms with Crippen molar-refractivity contribution in [3.63, 3.8) is 0 Å². The fourth-order valence-corrected chi connectivity index (χ4v) is 14.1. The number of carbonyl (C=O) groups is 15. The highest BCUT2D eigenvalue weighted by atomic mass is 32.2. The molecule has 3 aromatic carbocycles. The smallest absolute Gasteiger partial charge is 0.326 e. The molecule has 0 unspecified atom stereocenters. The quantitative estimate of drug-likeness (QED) is 0.0118. The highest BCUT2D eigenvalue weighted by Gasteiger charge is 2.46. The number of likely N-dealkylation sites (tertiary alicyclic amines) is 1. The molecule has 0 aliphatic carbocycles. The number of nitrogens with two attached hydrogens (primary N) is 4. The third-order valence-electron chi connectivity index (χ3n) is 20.6. The van der Waals surface area contributed by atoms with Gasteiger partial charge in [-0.05, 0) is 110 Å². The summed E-state index contributed by atoms with van der Waals surface area (Å²) in [5, 5.41) is 74.8. The average molecular weight is 1710 g/mol. The standard InChI is InChI=1S/C79H113N21O18S2/c1-8-42(3)65(95-68(107)51(80)19-15-31-85-79(83)84)76(115)93-57(36-62(81)102)72(111)91-58(37-63(82)103)73(112)96-66(43(4)9-2)77(116)99-39-49(100-40-59(97-98-100)47-25-23-46(24-26-47)22-21-45-16-11-10-12-17-45)35-61(99)75(114)92-56(34-48-38-86-52-20-14-13-18-50(48)52)71(110)94-60(41-101)74(113)89-53(27-28-64(104)105)69(108)87-44(5)67(106)88-54(29-32-119-6)70(109)90-55(78(117)118)30-33-120-7/h10-14,16-18,20,23-26,38,40,42-44,49,51,53-58,60-61,65-66,86,101H,8-9,15,19,21-22,27-37,39,41,80H2,1-7H3,(H2,81,102)(H2,82,103)(H,87,108)(H,88,106)(H,89,113)(H,90,109)(H,91,111)(H,92,114)(H,93,115)(H,94,110)(H,95,107)(H,96,112)(H,104,105)(H,117,118)(H4,83,84,85)/t42-,43-,44-,49-,51-,53-,54-,55-,56-,57-,58-,60-,61-,65-,66-/m0/s1. The Labute approximate surface area is 702 Å². The van der Waals surface area contributed by atoms with Gasteiger partial charge >= 0.3 is 11.9 Å². The van der Waals surface area contributed by atoms with Gasteiger partial charge in [-0.15, -0.1) is 5.10 Å². The van der Waals surface area contributed by atoms with E-state index >= 15 is 14.4 Å². The summed E-state index contributed by atoms with van der Waals surface area (Å²) in [6, 6.07) is 4.73. The number of aliphatic hydroxyl groups is 1. The van der Waals surface area contributed by atoms with Crippen molar-refractivity contribution >= 4 is 129 Å². The van der Waals surface area contributed by atoms with Crippen LogP contribution in [0.25, 0.3) is 22.2 Å². The Bertz CT molecular complexity index is 4380. The van der Waals surface area contributed by atoms with Gasteiger partial charge in [-0.25, -0.2) is 9.48 Å². The van der Waals surface area contributed by atoms with Crippen molar-refractivity contribution in [2.24, 2.45) is 34.8 Å². The molecule has 39 nitrogen and oxygen atoms in total. The molecule has 1 aliphatic rings. The molecular weight excluding hydrogens is 1600 g/mol. The molecule has 5 aromatic rings. The van der Waals surface area contributed by atoms with Crippen LogP contribution >= 0.6 is 23.5 Å². The van der Waals surface area contributed by atoms with E-state index in [1.807, 2.05) is 54.6 Å². The second-order valence-electron chi connectivity index (χ2n) is 29.6. The number of hydrogen-bond acceptors (Lipinski definition) is 22. The highest BCUT2D eigenvalue weighted by Crippen LogP contribution is 2.32. The van der Waals surface area contributed by atoms with E-state index in [1.165, 1.54) is 35.1 Å². The molecule has 13 amide bonds. The van der Waals surface area contributed by atoms with Gasteiger partial charge < -0.3 is 107 Å². The van der Waals surface area contributed by atoms with Crippen molar-refractivity contribution in [1.29, 1.82) is 5.41 Å². The van der Waals surface area contributed by atoms with Crippen molar-refractivity contribution in [3.8, 4) is 11.3 Å². The Morgan fingerprint density at radius 3 is 1.70 bits per heavy atom.